The number of anilines is 1. The molecule has 2 aliphatic rings. The number of aryl methyl sites for hydroxylation is 1. The summed E-state index contributed by atoms with van der Waals surface area (Å²) in [6.45, 7) is 5.00. The van der Waals surface area contributed by atoms with E-state index in [0.717, 1.165) is 35.2 Å². The second-order valence-electron chi connectivity index (χ2n) is 9.96. The van der Waals surface area contributed by atoms with Gasteiger partial charge in [-0.2, -0.15) is 0 Å². The predicted molar refractivity (Wildman–Crippen MR) is 151 cm³/mol. The summed E-state index contributed by atoms with van der Waals surface area (Å²) in [4.78, 5) is 4.86. The molecule has 0 aromatic heterocycles. The third kappa shape index (κ3) is 4.19. The lowest BCUT2D eigenvalue weighted by Crippen LogP contribution is -2.29. The number of fused-ring (bicyclic) bond motifs is 4. The molecule has 1 aliphatic heterocycles. The standard InChI is InChI=1S/C33H32N2O/c1-3-19-36-32-18-14-23-7-4-5-8-26(23)30(32)21-34-25-15-12-24(13-16-25)33-28-10-6-9-27(28)29-20-22(2)11-17-31(29)35-33/h4-9,11-18,20-21,27-28,33,35H,3,10,19H2,1-2H3/t27-,28+,33+/m1/s1. The summed E-state index contributed by atoms with van der Waals surface area (Å²) in [6, 6.07) is 28.4. The van der Waals surface area contributed by atoms with Crippen molar-refractivity contribution in [3.63, 3.8) is 0 Å². The highest BCUT2D eigenvalue weighted by molar-refractivity contribution is 6.03. The minimum atomic E-state index is 0.297. The topological polar surface area (TPSA) is 33.6 Å². The first-order valence-corrected chi connectivity index (χ1v) is 13.0. The first kappa shape index (κ1) is 22.6. The van der Waals surface area contributed by atoms with Gasteiger partial charge in [-0.05, 0) is 71.8 Å². The number of rotatable bonds is 6. The maximum absolute atomic E-state index is 6.05. The van der Waals surface area contributed by atoms with Crippen molar-refractivity contribution in [2.45, 2.75) is 38.6 Å². The van der Waals surface area contributed by atoms with Crippen LogP contribution in [0.5, 0.6) is 5.75 Å². The van der Waals surface area contributed by atoms with E-state index in [2.05, 4.69) is 110 Å². The van der Waals surface area contributed by atoms with Gasteiger partial charge in [-0.1, -0.05) is 79.2 Å². The highest BCUT2D eigenvalue weighted by Crippen LogP contribution is 2.50. The molecule has 4 aromatic carbocycles. The average molecular weight is 473 g/mol. The number of hydrogen-bond acceptors (Lipinski definition) is 3. The minimum absolute atomic E-state index is 0.297. The van der Waals surface area contributed by atoms with E-state index in [4.69, 9.17) is 9.73 Å². The molecule has 0 saturated heterocycles. The molecule has 1 N–H and O–H groups in total. The third-order valence-electron chi connectivity index (χ3n) is 7.51. The van der Waals surface area contributed by atoms with Gasteiger partial charge in [-0.3, -0.25) is 4.99 Å². The second-order valence-corrected chi connectivity index (χ2v) is 9.96. The minimum Gasteiger partial charge on any atom is -0.493 e. The van der Waals surface area contributed by atoms with Crippen LogP contribution in [0.4, 0.5) is 11.4 Å². The van der Waals surface area contributed by atoms with E-state index in [1.54, 1.807) is 0 Å². The predicted octanol–water partition coefficient (Wildman–Crippen LogP) is 8.51. The lowest BCUT2D eigenvalue weighted by atomic mass is 9.76. The number of nitrogens with zero attached hydrogens (tertiary/aromatic N) is 1. The van der Waals surface area contributed by atoms with Crippen LogP contribution in [0.1, 0.15) is 54.0 Å². The van der Waals surface area contributed by atoms with Crippen molar-refractivity contribution >= 4 is 28.4 Å². The second kappa shape index (κ2) is 9.66. The molecule has 36 heavy (non-hydrogen) atoms. The van der Waals surface area contributed by atoms with Crippen molar-refractivity contribution in [3.05, 3.63) is 113 Å². The molecule has 0 unspecified atom stereocenters. The summed E-state index contributed by atoms with van der Waals surface area (Å²) in [7, 11) is 0. The largest absolute Gasteiger partial charge is 0.493 e. The summed E-state index contributed by atoms with van der Waals surface area (Å²) in [6.07, 6.45) is 8.79. The highest BCUT2D eigenvalue weighted by Gasteiger charge is 2.37. The quantitative estimate of drug-likeness (QED) is 0.225. The summed E-state index contributed by atoms with van der Waals surface area (Å²) in [5.74, 6) is 1.91. The molecule has 3 heteroatoms. The SMILES string of the molecule is CCCOc1ccc2ccccc2c1C=Nc1ccc([C@@H]2Nc3ccc(C)cc3[C@@H]3C=CC[C@@H]32)cc1. The smallest absolute Gasteiger partial charge is 0.128 e. The number of benzene rings is 4. The number of nitrogens with one attached hydrogen (secondary N) is 1. The average Bonchev–Trinajstić information content (AvgIpc) is 3.41. The van der Waals surface area contributed by atoms with Crippen LogP contribution in [0.15, 0.2) is 96.0 Å². The van der Waals surface area contributed by atoms with Crippen LogP contribution in [0.25, 0.3) is 10.8 Å². The Labute approximate surface area is 213 Å². The zero-order valence-corrected chi connectivity index (χ0v) is 20.9. The van der Waals surface area contributed by atoms with Crippen molar-refractivity contribution in [1.29, 1.82) is 0 Å². The van der Waals surface area contributed by atoms with Crippen LogP contribution in [-0.4, -0.2) is 12.8 Å². The number of aliphatic imine (C=N–C) groups is 1. The zero-order chi connectivity index (χ0) is 24.5. The molecular weight excluding hydrogens is 440 g/mol. The van der Waals surface area contributed by atoms with E-state index in [-0.39, 0.29) is 0 Å². The van der Waals surface area contributed by atoms with Crippen molar-refractivity contribution in [2.75, 3.05) is 11.9 Å². The fourth-order valence-corrected chi connectivity index (χ4v) is 5.70. The Morgan fingerprint density at radius 3 is 2.72 bits per heavy atom. The van der Waals surface area contributed by atoms with Gasteiger partial charge < -0.3 is 10.1 Å². The molecule has 180 valence electrons. The van der Waals surface area contributed by atoms with Crippen molar-refractivity contribution in [3.8, 4) is 5.75 Å². The molecule has 0 radical (unpaired) electrons. The van der Waals surface area contributed by atoms with Crippen LogP contribution < -0.4 is 10.1 Å². The Hall–Kier alpha value is -3.85. The highest BCUT2D eigenvalue weighted by atomic mass is 16.5. The normalized spacial score (nSPS) is 20.3. The van der Waals surface area contributed by atoms with Crippen LogP contribution >= 0.6 is 0 Å². The molecule has 0 amide bonds. The molecule has 0 bridgehead atoms. The first-order chi connectivity index (χ1) is 17.7. The Bertz CT molecular complexity index is 1450. The molecule has 1 aliphatic carbocycles. The van der Waals surface area contributed by atoms with Crippen molar-refractivity contribution in [1.82, 2.24) is 0 Å². The summed E-state index contributed by atoms with van der Waals surface area (Å²) >= 11 is 0. The van der Waals surface area contributed by atoms with Crippen molar-refractivity contribution in [2.24, 2.45) is 10.9 Å². The fourth-order valence-electron chi connectivity index (χ4n) is 5.70. The summed E-state index contributed by atoms with van der Waals surface area (Å²) in [5, 5.41) is 6.19. The summed E-state index contributed by atoms with van der Waals surface area (Å²) in [5.41, 5.74) is 7.31. The van der Waals surface area contributed by atoms with Gasteiger partial charge in [-0.25, -0.2) is 0 Å². The van der Waals surface area contributed by atoms with E-state index in [9.17, 15) is 0 Å². The Morgan fingerprint density at radius 1 is 1.00 bits per heavy atom. The molecule has 1 heterocycles. The monoisotopic (exact) mass is 472 g/mol. The Kier molecular flexibility index (Phi) is 6.06. The molecule has 3 atom stereocenters. The van der Waals surface area contributed by atoms with Crippen LogP contribution in [0.2, 0.25) is 0 Å². The van der Waals surface area contributed by atoms with Gasteiger partial charge in [0.1, 0.15) is 5.75 Å². The zero-order valence-electron chi connectivity index (χ0n) is 20.9. The van der Waals surface area contributed by atoms with E-state index in [1.165, 1.54) is 27.8 Å². The van der Waals surface area contributed by atoms with Gasteiger partial charge >= 0.3 is 0 Å². The Balaban J connectivity index is 1.28. The van der Waals surface area contributed by atoms with Gasteiger partial charge in [0.25, 0.3) is 0 Å². The lowest BCUT2D eigenvalue weighted by molar-refractivity contribution is 0.317. The Morgan fingerprint density at radius 2 is 1.86 bits per heavy atom. The lowest BCUT2D eigenvalue weighted by Gasteiger charge is -2.37. The summed E-state index contributed by atoms with van der Waals surface area (Å²) < 4.78 is 6.05. The molecule has 0 saturated carbocycles. The molecular formula is C33H32N2O. The van der Waals surface area contributed by atoms with Crippen molar-refractivity contribution < 1.29 is 4.74 Å². The van der Waals surface area contributed by atoms with Gasteiger partial charge in [0, 0.05) is 23.4 Å². The van der Waals surface area contributed by atoms with Gasteiger partial charge in [0.05, 0.1) is 18.3 Å². The van der Waals surface area contributed by atoms with E-state index in [1.807, 2.05) is 6.21 Å². The molecule has 6 rings (SSSR count). The number of allylic oxidation sites excluding steroid dienone is 2. The molecule has 4 aromatic rings. The molecule has 0 spiro atoms. The van der Waals surface area contributed by atoms with Gasteiger partial charge in [0.2, 0.25) is 0 Å². The van der Waals surface area contributed by atoms with E-state index in [0.29, 0.717) is 24.5 Å². The fraction of sp³-hybridized carbons (Fsp3) is 0.242. The van der Waals surface area contributed by atoms with E-state index >= 15 is 0 Å². The van der Waals surface area contributed by atoms with E-state index < -0.39 is 0 Å². The number of ether oxygens (including phenoxy) is 1. The van der Waals surface area contributed by atoms with Crippen LogP contribution in [0, 0.1) is 12.8 Å². The van der Waals surface area contributed by atoms with Gasteiger partial charge in [0.15, 0.2) is 0 Å². The molecule has 3 nitrogen and oxygen atoms in total. The maximum atomic E-state index is 6.05. The maximum Gasteiger partial charge on any atom is 0.128 e. The number of hydrogen-bond donors (Lipinski definition) is 1. The third-order valence-corrected chi connectivity index (χ3v) is 7.51. The van der Waals surface area contributed by atoms with Crippen LogP contribution in [-0.2, 0) is 0 Å². The van der Waals surface area contributed by atoms with Crippen LogP contribution in [0.3, 0.4) is 0 Å². The van der Waals surface area contributed by atoms with Gasteiger partial charge in [-0.15, -0.1) is 0 Å². The molecule has 0 fully saturated rings. The first-order valence-electron chi connectivity index (χ1n) is 13.0.